The number of hydrogen-bond donors (Lipinski definition) is 5. The summed E-state index contributed by atoms with van der Waals surface area (Å²) in [7, 11) is 0. The van der Waals surface area contributed by atoms with E-state index in [-0.39, 0.29) is 31.3 Å². The summed E-state index contributed by atoms with van der Waals surface area (Å²) in [6.45, 7) is 2.40. The summed E-state index contributed by atoms with van der Waals surface area (Å²) in [5, 5.41) is 19.6. The summed E-state index contributed by atoms with van der Waals surface area (Å²) in [5.74, 6) is -1.86. The van der Waals surface area contributed by atoms with E-state index in [4.69, 9.17) is 0 Å². The maximum absolute atomic E-state index is 12.3. The molecule has 2 rings (SSSR count). The van der Waals surface area contributed by atoms with Crippen molar-refractivity contribution in [1.82, 2.24) is 21.3 Å². The Hall–Kier alpha value is -3.88. The van der Waals surface area contributed by atoms with Gasteiger partial charge in [-0.05, 0) is 30.0 Å². The quantitative estimate of drug-likeness (QED) is 0.313. The molecule has 9 nitrogen and oxygen atoms in total. The average Bonchev–Trinajstić information content (AvgIpc) is 2.81. The molecular weight excluding hydrogens is 424 g/mol. The van der Waals surface area contributed by atoms with Crippen LogP contribution >= 0.6 is 0 Å². The van der Waals surface area contributed by atoms with Gasteiger partial charge in [-0.1, -0.05) is 54.6 Å². The van der Waals surface area contributed by atoms with Crippen LogP contribution in [0.25, 0.3) is 11.1 Å². The fourth-order valence-corrected chi connectivity index (χ4v) is 3.15. The second-order valence-electron chi connectivity index (χ2n) is 7.37. The summed E-state index contributed by atoms with van der Waals surface area (Å²) < 4.78 is 0. The van der Waals surface area contributed by atoms with Crippen molar-refractivity contribution in [1.29, 1.82) is 0 Å². The highest BCUT2D eigenvalue weighted by Gasteiger charge is 2.18. The molecule has 2 aromatic carbocycles. The zero-order valence-electron chi connectivity index (χ0n) is 18.6. The molecule has 0 aliphatic heterocycles. The van der Waals surface area contributed by atoms with Crippen molar-refractivity contribution in [3.63, 3.8) is 0 Å². The van der Waals surface area contributed by atoms with Gasteiger partial charge in [0.05, 0.1) is 19.0 Å². The average molecular weight is 455 g/mol. The minimum absolute atomic E-state index is 0.152. The molecule has 0 saturated heterocycles. The summed E-state index contributed by atoms with van der Waals surface area (Å²) in [6, 6.07) is 16.1. The highest BCUT2D eigenvalue weighted by atomic mass is 16.4. The minimum atomic E-state index is -1.05. The van der Waals surface area contributed by atoms with Gasteiger partial charge < -0.3 is 26.4 Å². The van der Waals surface area contributed by atoms with Gasteiger partial charge in [-0.3, -0.25) is 14.4 Å². The Bertz CT molecular complexity index is 932. The molecule has 0 fully saturated rings. The molecule has 1 atom stereocenters. The number of amides is 4. The number of carboxylic acid groups (broad SMARTS) is 1. The molecule has 0 aliphatic carbocycles. The lowest BCUT2D eigenvalue weighted by atomic mass is 9.99. The lowest BCUT2D eigenvalue weighted by Crippen LogP contribution is -2.39. The smallest absolute Gasteiger partial charge is 0.314 e. The SMILES string of the molecule is CCNC(=O)NCCCC(=O)NCC(=O)NC(CC(=O)O)c1ccc(-c2ccccc2)cc1. The van der Waals surface area contributed by atoms with Crippen LogP contribution in [0.3, 0.4) is 0 Å². The van der Waals surface area contributed by atoms with Gasteiger partial charge in [-0.2, -0.15) is 0 Å². The molecule has 0 aliphatic rings. The number of benzene rings is 2. The van der Waals surface area contributed by atoms with Crippen molar-refractivity contribution >= 4 is 23.8 Å². The molecule has 4 amide bonds. The third-order valence-electron chi connectivity index (χ3n) is 4.78. The van der Waals surface area contributed by atoms with Crippen LogP contribution in [0.4, 0.5) is 4.79 Å². The largest absolute Gasteiger partial charge is 0.481 e. The number of aliphatic carboxylic acids is 1. The van der Waals surface area contributed by atoms with E-state index in [0.717, 1.165) is 11.1 Å². The van der Waals surface area contributed by atoms with Crippen LogP contribution in [0.15, 0.2) is 54.6 Å². The number of nitrogens with one attached hydrogen (secondary N) is 4. The molecule has 0 spiro atoms. The van der Waals surface area contributed by atoms with E-state index in [1.807, 2.05) is 42.5 Å². The Morgan fingerprint density at radius 3 is 2.15 bits per heavy atom. The van der Waals surface area contributed by atoms with E-state index in [0.29, 0.717) is 25.1 Å². The zero-order chi connectivity index (χ0) is 24.1. The topological polar surface area (TPSA) is 137 Å². The molecule has 0 heterocycles. The molecule has 9 heteroatoms. The van der Waals surface area contributed by atoms with E-state index in [9.17, 15) is 24.3 Å². The first-order valence-corrected chi connectivity index (χ1v) is 10.8. The third kappa shape index (κ3) is 9.42. The van der Waals surface area contributed by atoms with Crippen molar-refractivity contribution in [3.05, 3.63) is 60.2 Å². The Morgan fingerprint density at radius 1 is 0.848 bits per heavy atom. The summed E-state index contributed by atoms with van der Waals surface area (Å²) in [6.07, 6.45) is 0.301. The van der Waals surface area contributed by atoms with Crippen LogP contribution < -0.4 is 21.3 Å². The van der Waals surface area contributed by atoms with Gasteiger partial charge in [0.25, 0.3) is 0 Å². The first-order chi connectivity index (χ1) is 15.9. The maximum Gasteiger partial charge on any atom is 0.314 e. The van der Waals surface area contributed by atoms with Crippen LogP contribution in [0, 0.1) is 0 Å². The van der Waals surface area contributed by atoms with Gasteiger partial charge in [0.2, 0.25) is 11.8 Å². The molecule has 5 N–H and O–H groups in total. The second-order valence-corrected chi connectivity index (χ2v) is 7.37. The summed E-state index contributed by atoms with van der Waals surface area (Å²) in [4.78, 5) is 46.8. The van der Waals surface area contributed by atoms with Crippen molar-refractivity contribution in [2.45, 2.75) is 32.2 Å². The lowest BCUT2D eigenvalue weighted by Gasteiger charge is -2.18. The molecular formula is C24H30N4O5. The van der Waals surface area contributed by atoms with Crippen molar-refractivity contribution in [2.75, 3.05) is 19.6 Å². The molecule has 0 bridgehead atoms. The summed E-state index contributed by atoms with van der Waals surface area (Å²) >= 11 is 0. The zero-order valence-corrected chi connectivity index (χ0v) is 18.6. The van der Waals surface area contributed by atoms with Gasteiger partial charge in [-0.15, -0.1) is 0 Å². The lowest BCUT2D eigenvalue weighted by molar-refractivity contribution is -0.138. The fourth-order valence-electron chi connectivity index (χ4n) is 3.15. The Labute approximate surface area is 193 Å². The molecule has 1 unspecified atom stereocenters. The third-order valence-corrected chi connectivity index (χ3v) is 4.78. The first-order valence-electron chi connectivity index (χ1n) is 10.8. The van der Waals surface area contributed by atoms with Crippen LogP contribution in [0.2, 0.25) is 0 Å². The number of hydrogen-bond acceptors (Lipinski definition) is 4. The van der Waals surface area contributed by atoms with Gasteiger partial charge in [-0.25, -0.2) is 4.79 Å². The van der Waals surface area contributed by atoms with Crippen molar-refractivity contribution < 1.29 is 24.3 Å². The number of carbonyl (C=O) groups is 4. The van der Waals surface area contributed by atoms with Crippen LogP contribution in [0.5, 0.6) is 0 Å². The monoisotopic (exact) mass is 454 g/mol. The van der Waals surface area contributed by atoms with Crippen molar-refractivity contribution in [2.24, 2.45) is 0 Å². The van der Waals surface area contributed by atoms with Crippen molar-refractivity contribution in [3.8, 4) is 11.1 Å². The van der Waals surface area contributed by atoms with Crippen LogP contribution in [-0.2, 0) is 14.4 Å². The number of urea groups is 1. The van der Waals surface area contributed by atoms with E-state index in [1.54, 1.807) is 19.1 Å². The fraction of sp³-hybridized carbons (Fsp3) is 0.333. The van der Waals surface area contributed by atoms with E-state index in [2.05, 4.69) is 21.3 Å². The maximum atomic E-state index is 12.3. The van der Waals surface area contributed by atoms with E-state index in [1.165, 1.54) is 0 Å². The Morgan fingerprint density at radius 2 is 1.52 bits per heavy atom. The summed E-state index contributed by atoms with van der Waals surface area (Å²) in [5.41, 5.74) is 2.67. The molecule has 176 valence electrons. The second kappa shape index (κ2) is 13.5. The van der Waals surface area contributed by atoms with Crippen LogP contribution in [-0.4, -0.2) is 48.6 Å². The Balaban J connectivity index is 1.84. The van der Waals surface area contributed by atoms with Gasteiger partial charge >= 0.3 is 12.0 Å². The van der Waals surface area contributed by atoms with E-state index >= 15 is 0 Å². The predicted molar refractivity (Wildman–Crippen MR) is 124 cm³/mol. The van der Waals surface area contributed by atoms with Gasteiger partial charge in [0.15, 0.2) is 0 Å². The number of carbonyl (C=O) groups excluding carboxylic acids is 3. The molecule has 0 aromatic heterocycles. The standard InChI is InChI=1S/C24H30N4O5/c1-2-25-24(33)26-14-6-9-21(29)27-16-22(30)28-20(15-23(31)32)19-12-10-18(11-13-19)17-7-4-3-5-8-17/h3-5,7-8,10-13,20H,2,6,9,14-16H2,1H3,(H,27,29)(H,28,30)(H,31,32)(H2,25,26,33). The molecule has 0 radical (unpaired) electrons. The number of carboxylic acids is 1. The normalized spacial score (nSPS) is 11.2. The first kappa shape index (κ1) is 25.4. The van der Waals surface area contributed by atoms with Crippen LogP contribution in [0.1, 0.15) is 37.8 Å². The predicted octanol–water partition coefficient (Wildman–Crippen LogP) is 2.20. The molecule has 2 aromatic rings. The van der Waals surface area contributed by atoms with E-state index < -0.39 is 17.9 Å². The molecule has 0 saturated carbocycles. The Kier molecular flexibility index (Phi) is 10.4. The highest BCUT2D eigenvalue weighted by Crippen LogP contribution is 2.23. The number of rotatable bonds is 12. The highest BCUT2D eigenvalue weighted by molar-refractivity contribution is 5.85. The van der Waals surface area contributed by atoms with Gasteiger partial charge in [0, 0.05) is 19.5 Å². The minimum Gasteiger partial charge on any atom is -0.481 e. The van der Waals surface area contributed by atoms with Gasteiger partial charge in [0.1, 0.15) is 0 Å². The molecule has 33 heavy (non-hydrogen) atoms.